The lowest BCUT2D eigenvalue weighted by molar-refractivity contribution is -0.141. The fraction of sp³-hybridized carbons (Fsp3) is 0.889. The highest BCUT2D eigenvalue weighted by Gasteiger charge is 2.52. The number of nitrogens with one attached hydrogen (secondary N) is 1. The highest BCUT2D eigenvalue weighted by Crippen LogP contribution is 2.51. The predicted octanol–water partition coefficient (Wildman–Crippen LogP) is 0.320. The maximum atomic E-state index is 11.2. The molecule has 1 saturated heterocycles. The van der Waals surface area contributed by atoms with Gasteiger partial charge in [-0.25, -0.2) is 0 Å². The smallest absolute Gasteiger partial charge is 0.222 e. The van der Waals surface area contributed by atoms with E-state index in [1.165, 1.54) is 13.1 Å². The molecule has 1 aliphatic carbocycles. The van der Waals surface area contributed by atoms with Crippen LogP contribution in [0, 0.1) is 11.3 Å². The van der Waals surface area contributed by atoms with Crippen molar-refractivity contribution < 1.29 is 6.22 Å². The van der Waals surface area contributed by atoms with Crippen molar-refractivity contribution in [2.24, 2.45) is 11.3 Å². The molecule has 2 fully saturated rings. The molecule has 1 heterocycles. The number of nitrogens with zero attached hydrogens (tertiary/aromatic N) is 1. The Hall–Kier alpha value is -0.570. The summed E-state index contributed by atoms with van der Waals surface area (Å²) in [7, 11) is 3.86. The maximum absolute atomic E-state index is 11.2. The van der Waals surface area contributed by atoms with Crippen LogP contribution in [-0.2, 0) is 4.79 Å². The van der Waals surface area contributed by atoms with Crippen molar-refractivity contribution in [3.8, 4) is 0 Å². The molecule has 0 atom stereocenters. The van der Waals surface area contributed by atoms with Crippen LogP contribution in [-0.4, -0.2) is 38.0 Å². The number of carbonyl (C=O) groups is 1. The van der Waals surface area contributed by atoms with E-state index in [4.69, 9.17) is 0 Å². The van der Waals surface area contributed by atoms with Gasteiger partial charge in [-0.3, -0.25) is 4.79 Å². The van der Waals surface area contributed by atoms with Crippen molar-refractivity contribution in [2.75, 3.05) is 27.2 Å². The van der Waals surface area contributed by atoms with Gasteiger partial charge in [-0.15, -0.1) is 0 Å². The molecule has 3 nitrogen and oxygen atoms in total. The number of carbonyl (C=O) groups excluding carboxylic acids is 1. The van der Waals surface area contributed by atoms with Crippen LogP contribution in [0.1, 0.15) is 14.3 Å². The van der Waals surface area contributed by atoms with E-state index in [0.717, 1.165) is 12.8 Å². The summed E-state index contributed by atoms with van der Waals surface area (Å²) in [5, 5.41) is 2.71. The predicted molar refractivity (Wildman–Crippen MR) is 48.8 cm³/mol. The average molecular weight is 170 g/mol. The van der Waals surface area contributed by atoms with E-state index in [0.29, 0.717) is 11.3 Å². The molecule has 0 unspecified atom stereocenters. The van der Waals surface area contributed by atoms with Crippen molar-refractivity contribution in [1.82, 2.24) is 10.2 Å². The van der Waals surface area contributed by atoms with Crippen LogP contribution in [0.15, 0.2) is 0 Å². The second-order valence-electron chi connectivity index (χ2n) is 4.39. The van der Waals surface area contributed by atoms with Gasteiger partial charge in [-0.05, 0) is 25.3 Å². The first-order valence-electron chi connectivity index (χ1n) is 4.55. The molecule has 0 bridgehead atoms. The van der Waals surface area contributed by atoms with E-state index < -0.39 is 0 Å². The number of hydrogen-bond donors (Lipinski definition) is 1. The first-order chi connectivity index (χ1) is 5.65. The highest BCUT2D eigenvalue weighted by molar-refractivity contribution is 5.79. The molecule has 1 aliphatic heterocycles. The minimum atomic E-state index is 0. The summed E-state index contributed by atoms with van der Waals surface area (Å²) < 4.78 is 0. The topological polar surface area (TPSA) is 32.3 Å². The van der Waals surface area contributed by atoms with Gasteiger partial charge in [0, 0.05) is 27.5 Å². The molecule has 3 heteroatoms. The van der Waals surface area contributed by atoms with Crippen LogP contribution in [0.3, 0.4) is 0 Å². The molecule has 0 aromatic carbocycles. The molecular weight excluding hydrogens is 152 g/mol. The molecule has 2 aliphatic rings. The second kappa shape index (κ2) is 2.46. The summed E-state index contributed by atoms with van der Waals surface area (Å²) >= 11 is 0. The molecule has 1 spiro atoms. The molecule has 1 amide bonds. The van der Waals surface area contributed by atoms with Gasteiger partial charge in [0.15, 0.2) is 0 Å². The molecule has 0 aromatic heterocycles. The molecule has 2 rings (SSSR count). The fourth-order valence-electron chi connectivity index (χ4n) is 2.73. The third-order valence-electron chi connectivity index (χ3n) is 3.19. The molecular formula is C9H18N2O. The van der Waals surface area contributed by atoms with Crippen molar-refractivity contribution in [3.05, 3.63) is 0 Å². The second-order valence-corrected chi connectivity index (χ2v) is 4.39. The Morgan fingerprint density at radius 1 is 1.58 bits per heavy atom. The zero-order chi connectivity index (χ0) is 8.77. The Bertz CT molecular complexity index is 206. The van der Waals surface area contributed by atoms with E-state index in [1.807, 2.05) is 0 Å². The number of hydrogen-bond acceptors (Lipinski definition) is 2. The monoisotopic (exact) mass is 170 g/mol. The Balaban J connectivity index is 0.000000845. The van der Waals surface area contributed by atoms with Crippen LogP contribution in [0.25, 0.3) is 0 Å². The standard InChI is InChI=1S/C9H16N2O.H2/c1-10-8(12)7-3-9(4-7)5-11(2)6-9;/h7H,3-6H2,1-2H3,(H,10,12);1H. The zero-order valence-electron chi connectivity index (χ0n) is 7.76. The Labute approximate surface area is 74.6 Å². The average Bonchev–Trinajstić information content (AvgIpc) is 1.92. The minimum absolute atomic E-state index is 0. The van der Waals surface area contributed by atoms with Gasteiger partial charge in [-0.2, -0.15) is 0 Å². The third-order valence-corrected chi connectivity index (χ3v) is 3.19. The third kappa shape index (κ3) is 1.04. The normalized spacial score (nSPS) is 27.8. The summed E-state index contributed by atoms with van der Waals surface area (Å²) in [4.78, 5) is 13.5. The Morgan fingerprint density at radius 2 is 2.17 bits per heavy atom. The van der Waals surface area contributed by atoms with Crippen LogP contribution < -0.4 is 5.32 Å². The first-order valence-corrected chi connectivity index (χ1v) is 4.55. The minimum Gasteiger partial charge on any atom is -0.359 e. The summed E-state index contributed by atoms with van der Waals surface area (Å²) in [6.07, 6.45) is 2.22. The lowest BCUT2D eigenvalue weighted by atomic mass is 9.57. The van der Waals surface area contributed by atoms with Gasteiger partial charge in [0.2, 0.25) is 5.91 Å². The molecule has 1 saturated carbocycles. The Morgan fingerprint density at radius 3 is 2.58 bits per heavy atom. The molecule has 70 valence electrons. The van der Waals surface area contributed by atoms with E-state index in [1.54, 1.807) is 7.05 Å². The van der Waals surface area contributed by atoms with Crippen LogP contribution in [0.2, 0.25) is 0 Å². The van der Waals surface area contributed by atoms with Gasteiger partial charge in [0.25, 0.3) is 0 Å². The number of likely N-dealkylation sites (tertiary alicyclic amines) is 1. The molecule has 0 aromatic rings. The van der Waals surface area contributed by atoms with Crippen LogP contribution in [0.5, 0.6) is 0 Å². The highest BCUT2D eigenvalue weighted by atomic mass is 16.1. The largest absolute Gasteiger partial charge is 0.359 e. The van der Waals surface area contributed by atoms with Crippen LogP contribution in [0.4, 0.5) is 0 Å². The number of amides is 1. The summed E-state index contributed by atoms with van der Waals surface area (Å²) in [6, 6.07) is 0. The molecule has 1 N–H and O–H groups in total. The maximum Gasteiger partial charge on any atom is 0.222 e. The van der Waals surface area contributed by atoms with Gasteiger partial charge >= 0.3 is 0 Å². The van der Waals surface area contributed by atoms with Crippen molar-refractivity contribution in [2.45, 2.75) is 12.8 Å². The first kappa shape index (κ1) is 8.05. The Kier molecular flexibility index (Phi) is 1.65. The van der Waals surface area contributed by atoms with Crippen LogP contribution >= 0.6 is 0 Å². The van der Waals surface area contributed by atoms with E-state index >= 15 is 0 Å². The SMILES string of the molecule is CNC(=O)C1CC2(C1)CN(C)C2.[HH]. The van der Waals surface area contributed by atoms with E-state index in [-0.39, 0.29) is 7.33 Å². The van der Waals surface area contributed by atoms with Crippen molar-refractivity contribution in [1.29, 1.82) is 0 Å². The van der Waals surface area contributed by atoms with Crippen molar-refractivity contribution in [3.63, 3.8) is 0 Å². The van der Waals surface area contributed by atoms with Gasteiger partial charge in [-0.1, -0.05) is 0 Å². The van der Waals surface area contributed by atoms with Gasteiger partial charge in [0.05, 0.1) is 0 Å². The lowest BCUT2D eigenvalue weighted by Crippen LogP contribution is -2.62. The molecule has 0 radical (unpaired) electrons. The summed E-state index contributed by atoms with van der Waals surface area (Å²) in [5.41, 5.74) is 0.534. The lowest BCUT2D eigenvalue weighted by Gasteiger charge is -2.57. The van der Waals surface area contributed by atoms with E-state index in [2.05, 4.69) is 17.3 Å². The quantitative estimate of drug-likeness (QED) is 0.614. The van der Waals surface area contributed by atoms with Gasteiger partial charge < -0.3 is 10.2 Å². The van der Waals surface area contributed by atoms with Gasteiger partial charge in [0.1, 0.15) is 0 Å². The zero-order valence-corrected chi connectivity index (χ0v) is 7.76. The van der Waals surface area contributed by atoms with Crippen molar-refractivity contribution >= 4 is 5.91 Å². The summed E-state index contributed by atoms with van der Waals surface area (Å²) in [6.45, 7) is 2.39. The summed E-state index contributed by atoms with van der Waals surface area (Å²) in [5.74, 6) is 0.541. The number of rotatable bonds is 1. The fourth-order valence-corrected chi connectivity index (χ4v) is 2.73. The van der Waals surface area contributed by atoms with E-state index in [9.17, 15) is 4.79 Å². The molecule has 12 heavy (non-hydrogen) atoms.